The van der Waals surface area contributed by atoms with E-state index >= 15 is 0 Å². The second-order valence-electron chi connectivity index (χ2n) is 3.64. The molecule has 13 heavy (non-hydrogen) atoms. The molecule has 1 fully saturated rings. The van der Waals surface area contributed by atoms with Crippen molar-refractivity contribution in [3.05, 3.63) is 29.3 Å². The van der Waals surface area contributed by atoms with Crippen molar-refractivity contribution < 1.29 is 0 Å². The van der Waals surface area contributed by atoms with E-state index in [-0.39, 0.29) is 0 Å². The van der Waals surface area contributed by atoms with E-state index in [1.807, 2.05) is 24.3 Å². The maximum absolute atomic E-state index is 5.99. The molecular weight excluding hydrogens is 182 g/mol. The van der Waals surface area contributed by atoms with E-state index in [9.17, 15) is 0 Å². The Morgan fingerprint density at radius 1 is 1.31 bits per heavy atom. The van der Waals surface area contributed by atoms with E-state index < -0.39 is 0 Å². The van der Waals surface area contributed by atoms with Crippen LogP contribution in [0.5, 0.6) is 0 Å². The van der Waals surface area contributed by atoms with E-state index in [1.165, 1.54) is 19.3 Å². The highest BCUT2D eigenvalue weighted by Crippen LogP contribution is 2.32. The average Bonchev–Trinajstić information content (AvgIpc) is 2.92. The van der Waals surface area contributed by atoms with Crippen molar-refractivity contribution in [3.63, 3.8) is 0 Å². The van der Waals surface area contributed by atoms with Crippen molar-refractivity contribution >= 4 is 17.3 Å². The lowest BCUT2D eigenvalue weighted by Crippen LogP contribution is -2.02. The van der Waals surface area contributed by atoms with Crippen LogP contribution in [0, 0.1) is 5.92 Å². The van der Waals surface area contributed by atoms with Crippen molar-refractivity contribution in [2.24, 2.45) is 5.92 Å². The quantitative estimate of drug-likeness (QED) is 0.775. The van der Waals surface area contributed by atoms with Crippen molar-refractivity contribution in [2.45, 2.75) is 19.3 Å². The van der Waals surface area contributed by atoms with E-state index in [4.69, 9.17) is 11.6 Å². The summed E-state index contributed by atoms with van der Waals surface area (Å²) >= 11 is 5.99. The third-order valence-electron chi connectivity index (χ3n) is 2.44. The highest BCUT2D eigenvalue weighted by molar-refractivity contribution is 6.33. The van der Waals surface area contributed by atoms with Gasteiger partial charge in [-0.05, 0) is 24.5 Å². The van der Waals surface area contributed by atoms with Crippen molar-refractivity contribution in [2.75, 3.05) is 11.9 Å². The van der Waals surface area contributed by atoms with Crippen LogP contribution in [0.15, 0.2) is 24.3 Å². The van der Waals surface area contributed by atoms with Gasteiger partial charge >= 0.3 is 0 Å². The Bertz CT molecular complexity index is 281. The minimum absolute atomic E-state index is 0.818. The summed E-state index contributed by atoms with van der Waals surface area (Å²) in [7, 11) is 0. The Morgan fingerprint density at radius 2 is 2.08 bits per heavy atom. The van der Waals surface area contributed by atoms with Crippen LogP contribution in [0.2, 0.25) is 5.02 Å². The summed E-state index contributed by atoms with van der Waals surface area (Å²) in [6.45, 7) is 1.05. The van der Waals surface area contributed by atoms with Gasteiger partial charge in [0, 0.05) is 6.54 Å². The molecule has 1 nitrogen and oxygen atoms in total. The Balaban J connectivity index is 1.82. The summed E-state index contributed by atoms with van der Waals surface area (Å²) in [4.78, 5) is 0. The fraction of sp³-hybridized carbons (Fsp3) is 0.455. The third-order valence-corrected chi connectivity index (χ3v) is 2.77. The van der Waals surface area contributed by atoms with Crippen molar-refractivity contribution in [3.8, 4) is 0 Å². The lowest BCUT2D eigenvalue weighted by atomic mass is 10.2. The molecule has 1 aromatic rings. The highest BCUT2D eigenvalue weighted by Gasteiger charge is 2.20. The Morgan fingerprint density at radius 3 is 2.77 bits per heavy atom. The first-order valence-electron chi connectivity index (χ1n) is 4.84. The summed E-state index contributed by atoms with van der Waals surface area (Å²) in [6.07, 6.45) is 4.12. The molecule has 1 aliphatic rings. The van der Waals surface area contributed by atoms with E-state index in [0.717, 1.165) is 23.2 Å². The molecule has 0 bridgehead atoms. The van der Waals surface area contributed by atoms with Gasteiger partial charge in [-0.2, -0.15) is 0 Å². The van der Waals surface area contributed by atoms with Gasteiger partial charge in [0.25, 0.3) is 0 Å². The molecule has 0 aromatic heterocycles. The second-order valence-corrected chi connectivity index (χ2v) is 4.05. The van der Waals surface area contributed by atoms with Crippen LogP contribution in [0.1, 0.15) is 19.3 Å². The number of hydrogen-bond donors (Lipinski definition) is 1. The van der Waals surface area contributed by atoms with Crippen LogP contribution >= 0.6 is 11.6 Å². The zero-order valence-corrected chi connectivity index (χ0v) is 8.35. The van der Waals surface area contributed by atoms with Gasteiger partial charge in [0.05, 0.1) is 10.7 Å². The maximum Gasteiger partial charge on any atom is 0.0637 e. The van der Waals surface area contributed by atoms with Gasteiger partial charge < -0.3 is 5.32 Å². The molecule has 1 aliphatic carbocycles. The summed E-state index contributed by atoms with van der Waals surface area (Å²) in [5.74, 6) is 0.981. The number of halogens is 1. The first kappa shape index (κ1) is 8.89. The van der Waals surface area contributed by atoms with Gasteiger partial charge in [-0.15, -0.1) is 0 Å². The van der Waals surface area contributed by atoms with Crippen LogP contribution in [0.25, 0.3) is 0 Å². The van der Waals surface area contributed by atoms with E-state index in [1.54, 1.807) is 0 Å². The van der Waals surface area contributed by atoms with Crippen LogP contribution in [0.4, 0.5) is 5.69 Å². The number of hydrogen-bond acceptors (Lipinski definition) is 1. The zero-order valence-electron chi connectivity index (χ0n) is 7.59. The van der Waals surface area contributed by atoms with E-state index in [0.29, 0.717) is 0 Å². The summed E-state index contributed by atoms with van der Waals surface area (Å²) in [6, 6.07) is 7.90. The van der Waals surface area contributed by atoms with Crippen molar-refractivity contribution in [1.29, 1.82) is 0 Å². The highest BCUT2D eigenvalue weighted by atomic mass is 35.5. The number of rotatable bonds is 4. The van der Waals surface area contributed by atoms with Crippen LogP contribution < -0.4 is 5.32 Å². The normalized spacial score (nSPS) is 15.8. The smallest absolute Gasteiger partial charge is 0.0637 e. The lowest BCUT2D eigenvalue weighted by molar-refractivity contribution is 0.760. The molecule has 0 saturated heterocycles. The van der Waals surface area contributed by atoms with Gasteiger partial charge in [-0.25, -0.2) is 0 Å². The van der Waals surface area contributed by atoms with Crippen LogP contribution in [0.3, 0.4) is 0 Å². The molecule has 1 aromatic carbocycles. The van der Waals surface area contributed by atoms with E-state index in [2.05, 4.69) is 5.32 Å². The molecule has 0 amide bonds. The summed E-state index contributed by atoms with van der Waals surface area (Å²) in [5.41, 5.74) is 1.06. The Labute approximate surface area is 84.1 Å². The molecular formula is C11H14ClN. The third kappa shape index (κ3) is 2.63. The second kappa shape index (κ2) is 4.01. The molecule has 2 heteroatoms. The van der Waals surface area contributed by atoms with Gasteiger partial charge in [-0.1, -0.05) is 36.6 Å². The van der Waals surface area contributed by atoms with Crippen molar-refractivity contribution in [1.82, 2.24) is 0 Å². The zero-order chi connectivity index (χ0) is 9.10. The van der Waals surface area contributed by atoms with Gasteiger partial charge in [0.15, 0.2) is 0 Å². The SMILES string of the molecule is Clc1ccccc1NCCC1CC1. The number of anilines is 1. The molecule has 0 radical (unpaired) electrons. The van der Waals surface area contributed by atoms with Gasteiger partial charge in [0.1, 0.15) is 0 Å². The molecule has 0 atom stereocenters. The molecule has 1 saturated carbocycles. The monoisotopic (exact) mass is 195 g/mol. The molecule has 0 heterocycles. The topological polar surface area (TPSA) is 12.0 Å². The summed E-state index contributed by atoms with van der Waals surface area (Å²) in [5, 5.41) is 4.17. The van der Waals surface area contributed by atoms with Gasteiger partial charge in [-0.3, -0.25) is 0 Å². The maximum atomic E-state index is 5.99. The predicted molar refractivity (Wildman–Crippen MR) is 57.3 cm³/mol. The first-order valence-corrected chi connectivity index (χ1v) is 5.22. The predicted octanol–water partition coefficient (Wildman–Crippen LogP) is 3.55. The minimum Gasteiger partial charge on any atom is -0.384 e. The fourth-order valence-corrected chi connectivity index (χ4v) is 1.62. The molecule has 1 N–H and O–H groups in total. The molecule has 0 spiro atoms. The largest absolute Gasteiger partial charge is 0.384 e. The number of nitrogens with one attached hydrogen (secondary N) is 1. The number of para-hydroxylation sites is 1. The number of benzene rings is 1. The van der Waals surface area contributed by atoms with Crippen LogP contribution in [-0.4, -0.2) is 6.54 Å². The molecule has 70 valence electrons. The molecule has 0 unspecified atom stereocenters. The molecule has 2 rings (SSSR count). The lowest BCUT2D eigenvalue weighted by Gasteiger charge is -2.06. The standard InChI is InChI=1S/C11H14ClN/c12-10-3-1-2-4-11(10)13-8-7-9-5-6-9/h1-4,9,13H,5-8H2. The Hall–Kier alpha value is -0.690. The Kier molecular flexibility index (Phi) is 2.74. The summed E-state index contributed by atoms with van der Waals surface area (Å²) < 4.78 is 0. The minimum atomic E-state index is 0.818. The fourth-order valence-electron chi connectivity index (χ4n) is 1.42. The van der Waals surface area contributed by atoms with Crippen LogP contribution in [-0.2, 0) is 0 Å². The average molecular weight is 196 g/mol. The molecule has 0 aliphatic heterocycles. The first-order chi connectivity index (χ1) is 6.36. The van der Waals surface area contributed by atoms with Gasteiger partial charge in [0.2, 0.25) is 0 Å².